The number of aryl methyl sites for hydroxylation is 1. The van der Waals surface area contributed by atoms with Gasteiger partial charge < -0.3 is 0 Å². The number of likely N-dealkylation sites (tertiary alicyclic amines) is 1. The Hall–Kier alpha value is -0.830. The Kier molecular flexibility index (Phi) is 1.89. The van der Waals surface area contributed by atoms with Crippen LogP contribution in [0.3, 0.4) is 0 Å². The van der Waals surface area contributed by atoms with Crippen molar-refractivity contribution in [2.24, 2.45) is 7.05 Å². The normalized spacial score (nSPS) is 25.0. The van der Waals surface area contributed by atoms with E-state index in [2.05, 4.69) is 23.1 Å². The van der Waals surface area contributed by atoms with Crippen molar-refractivity contribution >= 4 is 0 Å². The summed E-state index contributed by atoms with van der Waals surface area (Å²) in [6.45, 7) is 1.22. The fourth-order valence-electron chi connectivity index (χ4n) is 1.99. The number of nitrogens with zero attached hydrogens (tertiary/aromatic N) is 3. The van der Waals surface area contributed by atoms with Gasteiger partial charge in [0.05, 0.1) is 11.7 Å². The fraction of sp³-hybridized carbons (Fsp3) is 0.667. The zero-order valence-electron chi connectivity index (χ0n) is 7.70. The molecule has 1 aliphatic rings. The largest absolute Gasteiger partial charge is 0.298 e. The van der Waals surface area contributed by atoms with Crippen LogP contribution >= 0.6 is 0 Å². The Balaban J connectivity index is 2.24. The molecule has 0 spiro atoms. The third kappa shape index (κ3) is 1.14. The Morgan fingerprint density at radius 1 is 1.50 bits per heavy atom. The zero-order chi connectivity index (χ0) is 8.55. The molecule has 1 saturated heterocycles. The minimum Gasteiger partial charge on any atom is -0.298 e. The van der Waals surface area contributed by atoms with E-state index in [9.17, 15) is 0 Å². The van der Waals surface area contributed by atoms with Gasteiger partial charge in [-0.3, -0.25) is 9.58 Å². The molecule has 2 rings (SSSR count). The van der Waals surface area contributed by atoms with Crippen LogP contribution in [0, 0.1) is 0 Å². The van der Waals surface area contributed by atoms with Crippen molar-refractivity contribution in [2.75, 3.05) is 13.6 Å². The van der Waals surface area contributed by atoms with Gasteiger partial charge in [-0.1, -0.05) is 0 Å². The fourth-order valence-corrected chi connectivity index (χ4v) is 1.99. The van der Waals surface area contributed by atoms with Gasteiger partial charge in [0.2, 0.25) is 0 Å². The summed E-state index contributed by atoms with van der Waals surface area (Å²) < 4.78 is 1.98. The van der Waals surface area contributed by atoms with Crippen LogP contribution in [0.2, 0.25) is 0 Å². The minimum absolute atomic E-state index is 0.595. The maximum Gasteiger partial charge on any atom is 0.0552 e. The molecule has 1 aromatic rings. The first-order valence-electron chi connectivity index (χ1n) is 4.47. The molecule has 12 heavy (non-hydrogen) atoms. The lowest BCUT2D eigenvalue weighted by molar-refractivity contribution is 0.304. The molecule has 0 radical (unpaired) electrons. The van der Waals surface area contributed by atoms with Crippen molar-refractivity contribution in [1.29, 1.82) is 0 Å². The van der Waals surface area contributed by atoms with Crippen molar-refractivity contribution in [2.45, 2.75) is 18.9 Å². The molecule has 0 N–H and O–H groups in total. The Morgan fingerprint density at radius 3 is 2.83 bits per heavy atom. The van der Waals surface area contributed by atoms with Crippen LogP contribution in [0.5, 0.6) is 0 Å². The highest BCUT2D eigenvalue weighted by atomic mass is 15.3. The number of hydrogen-bond donors (Lipinski definition) is 0. The molecule has 1 atom stereocenters. The molecular weight excluding hydrogens is 150 g/mol. The van der Waals surface area contributed by atoms with E-state index in [1.54, 1.807) is 0 Å². The molecule has 2 heterocycles. The Morgan fingerprint density at radius 2 is 2.33 bits per heavy atom. The van der Waals surface area contributed by atoms with E-state index in [0.717, 1.165) is 0 Å². The summed E-state index contributed by atoms with van der Waals surface area (Å²) >= 11 is 0. The third-order valence-corrected chi connectivity index (χ3v) is 2.72. The molecule has 0 saturated carbocycles. The molecule has 66 valence electrons. The molecule has 0 amide bonds. The molecule has 3 nitrogen and oxygen atoms in total. The van der Waals surface area contributed by atoms with E-state index < -0.39 is 0 Å². The molecule has 1 aromatic heterocycles. The van der Waals surface area contributed by atoms with Crippen molar-refractivity contribution in [3.05, 3.63) is 18.0 Å². The van der Waals surface area contributed by atoms with E-state index in [1.165, 1.54) is 25.1 Å². The van der Waals surface area contributed by atoms with Gasteiger partial charge in [-0.15, -0.1) is 0 Å². The predicted molar refractivity (Wildman–Crippen MR) is 47.8 cm³/mol. The maximum absolute atomic E-state index is 4.19. The van der Waals surface area contributed by atoms with Crippen molar-refractivity contribution in [3.8, 4) is 0 Å². The highest BCUT2D eigenvalue weighted by Gasteiger charge is 2.24. The highest BCUT2D eigenvalue weighted by Crippen LogP contribution is 2.29. The van der Waals surface area contributed by atoms with Gasteiger partial charge in [0, 0.05) is 13.2 Å². The van der Waals surface area contributed by atoms with Crippen LogP contribution in [0.15, 0.2) is 12.3 Å². The second-order valence-corrected chi connectivity index (χ2v) is 3.52. The summed E-state index contributed by atoms with van der Waals surface area (Å²) in [5.74, 6) is 0. The lowest BCUT2D eigenvalue weighted by atomic mass is 10.1. The monoisotopic (exact) mass is 165 g/mol. The lowest BCUT2D eigenvalue weighted by Gasteiger charge is -2.19. The van der Waals surface area contributed by atoms with Gasteiger partial charge in [0.1, 0.15) is 0 Å². The summed E-state index contributed by atoms with van der Waals surface area (Å²) in [5.41, 5.74) is 1.34. The molecule has 0 bridgehead atoms. The second-order valence-electron chi connectivity index (χ2n) is 3.52. The van der Waals surface area contributed by atoms with Gasteiger partial charge in [-0.25, -0.2) is 0 Å². The quantitative estimate of drug-likeness (QED) is 0.623. The molecule has 1 aliphatic heterocycles. The minimum atomic E-state index is 0.595. The van der Waals surface area contributed by atoms with Gasteiger partial charge in [-0.2, -0.15) is 5.10 Å². The molecule has 0 unspecified atom stereocenters. The summed E-state index contributed by atoms with van der Waals surface area (Å²) in [6.07, 6.45) is 4.46. The van der Waals surface area contributed by atoms with E-state index in [-0.39, 0.29) is 0 Å². The van der Waals surface area contributed by atoms with Crippen LogP contribution in [0.1, 0.15) is 24.6 Å². The first-order chi connectivity index (χ1) is 5.79. The van der Waals surface area contributed by atoms with Gasteiger partial charge >= 0.3 is 0 Å². The van der Waals surface area contributed by atoms with Crippen molar-refractivity contribution in [3.63, 3.8) is 0 Å². The highest BCUT2D eigenvalue weighted by molar-refractivity contribution is 5.08. The first kappa shape index (κ1) is 7.80. The molecule has 0 aliphatic carbocycles. The molecule has 0 aromatic carbocycles. The zero-order valence-corrected chi connectivity index (χ0v) is 7.70. The average Bonchev–Trinajstić information content (AvgIpc) is 2.59. The van der Waals surface area contributed by atoms with Gasteiger partial charge in [-0.05, 0) is 32.5 Å². The Bertz CT molecular complexity index is 266. The summed E-state index contributed by atoms with van der Waals surface area (Å²) in [7, 11) is 4.20. The number of aromatic nitrogens is 2. The average molecular weight is 165 g/mol. The summed E-state index contributed by atoms with van der Waals surface area (Å²) in [6, 6.07) is 2.71. The van der Waals surface area contributed by atoms with Crippen LogP contribution in [-0.4, -0.2) is 28.3 Å². The topological polar surface area (TPSA) is 21.1 Å². The summed E-state index contributed by atoms with van der Waals surface area (Å²) in [4.78, 5) is 2.40. The van der Waals surface area contributed by atoms with E-state index in [0.29, 0.717) is 6.04 Å². The van der Waals surface area contributed by atoms with Crippen molar-refractivity contribution < 1.29 is 0 Å². The molecule has 3 heteroatoms. The van der Waals surface area contributed by atoms with Gasteiger partial charge in [0.15, 0.2) is 0 Å². The maximum atomic E-state index is 4.19. The summed E-state index contributed by atoms with van der Waals surface area (Å²) in [5, 5.41) is 4.19. The first-order valence-corrected chi connectivity index (χ1v) is 4.47. The van der Waals surface area contributed by atoms with Gasteiger partial charge in [0.25, 0.3) is 0 Å². The van der Waals surface area contributed by atoms with Crippen molar-refractivity contribution in [1.82, 2.24) is 14.7 Å². The standard InChI is InChI=1S/C9H15N3/c1-11-7-3-4-8(11)9-5-6-10-12(9)2/h5-6,8H,3-4,7H2,1-2H3/t8-/m1/s1. The van der Waals surface area contributed by atoms with Crippen LogP contribution in [-0.2, 0) is 7.05 Å². The number of rotatable bonds is 1. The van der Waals surface area contributed by atoms with E-state index in [1.807, 2.05) is 17.9 Å². The van der Waals surface area contributed by atoms with E-state index >= 15 is 0 Å². The van der Waals surface area contributed by atoms with Crippen LogP contribution < -0.4 is 0 Å². The SMILES string of the molecule is CN1CCC[C@@H]1c1ccnn1C. The lowest BCUT2D eigenvalue weighted by Crippen LogP contribution is -2.19. The predicted octanol–water partition coefficient (Wildman–Crippen LogP) is 1.19. The van der Waals surface area contributed by atoms with Crippen LogP contribution in [0.4, 0.5) is 0 Å². The number of hydrogen-bond acceptors (Lipinski definition) is 2. The van der Waals surface area contributed by atoms with Crippen LogP contribution in [0.25, 0.3) is 0 Å². The molecule has 1 fully saturated rings. The third-order valence-electron chi connectivity index (χ3n) is 2.72. The second kappa shape index (κ2) is 2.90. The smallest absolute Gasteiger partial charge is 0.0552 e. The van der Waals surface area contributed by atoms with E-state index in [4.69, 9.17) is 0 Å². The molecular formula is C9H15N3. The Labute approximate surface area is 73.0 Å².